The molecular weight excluding hydrogens is 276 g/mol. The smallest absolute Gasteiger partial charge is 0.407 e. The summed E-state index contributed by atoms with van der Waals surface area (Å²) < 4.78 is 6.25. The van der Waals surface area contributed by atoms with Crippen LogP contribution in [-0.4, -0.2) is 49.7 Å². The molecule has 1 rings (SSSR count). The Morgan fingerprint density at radius 1 is 1.55 bits per heavy atom. The lowest BCUT2D eigenvalue weighted by molar-refractivity contribution is 0.133. The van der Waals surface area contributed by atoms with E-state index in [4.69, 9.17) is 9.96 Å². The summed E-state index contributed by atoms with van der Waals surface area (Å²) in [6.07, 6.45) is -0.493. The summed E-state index contributed by atoms with van der Waals surface area (Å²) in [6.45, 7) is 11.3. The van der Waals surface area contributed by atoms with Crippen molar-refractivity contribution in [3.05, 3.63) is 10.4 Å². The first kappa shape index (κ1) is 16.8. The molecule has 1 heterocycles. The van der Waals surface area contributed by atoms with Crippen molar-refractivity contribution in [2.75, 3.05) is 13.1 Å². The predicted octanol–water partition coefficient (Wildman–Crippen LogP) is 3.44. The van der Waals surface area contributed by atoms with Crippen LogP contribution in [0.5, 0.6) is 0 Å². The molecule has 0 aromatic carbocycles. The highest BCUT2D eigenvalue weighted by Crippen LogP contribution is 2.38. The summed E-state index contributed by atoms with van der Waals surface area (Å²) in [7, 11) is -1.92. The van der Waals surface area contributed by atoms with Crippen LogP contribution in [0.15, 0.2) is 5.11 Å². The van der Waals surface area contributed by atoms with Crippen molar-refractivity contribution in [3.8, 4) is 0 Å². The van der Waals surface area contributed by atoms with E-state index >= 15 is 0 Å². The maximum absolute atomic E-state index is 11.2. The zero-order valence-corrected chi connectivity index (χ0v) is 13.8. The fourth-order valence-corrected chi connectivity index (χ4v) is 3.45. The monoisotopic (exact) mass is 300 g/mol. The maximum atomic E-state index is 11.2. The van der Waals surface area contributed by atoms with Crippen LogP contribution in [0.3, 0.4) is 0 Å². The number of azide groups is 1. The zero-order chi connectivity index (χ0) is 15.6. The van der Waals surface area contributed by atoms with Crippen molar-refractivity contribution >= 4 is 14.4 Å². The second-order valence-electron chi connectivity index (χ2n) is 6.74. The first-order valence-corrected chi connectivity index (χ1v) is 9.67. The third kappa shape index (κ3) is 3.88. The van der Waals surface area contributed by atoms with Crippen molar-refractivity contribution in [1.29, 1.82) is 0 Å². The van der Waals surface area contributed by atoms with Crippen molar-refractivity contribution in [2.45, 2.75) is 57.5 Å². The molecule has 0 bridgehead atoms. The van der Waals surface area contributed by atoms with Gasteiger partial charge in [-0.3, -0.25) is 0 Å². The van der Waals surface area contributed by atoms with E-state index in [1.54, 1.807) is 0 Å². The van der Waals surface area contributed by atoms with Gasteiger partial charge in [0.15, 0.2) is 8.32 Å². The molecule has 0 aromatic heterocycles. The van der Waals surface area contributed by atoms with Crippen LogP contribution >= 0.6 is 0 Å². The van der Waals surface area contributed by atoms with Gasteiger partial charge in [0.05, 0.1) is 6.10 Å². The summed E-state index contributed by atoms with van der Waals surface area (Å²) in [6, 6.07) is -0.279. The van der Waals surface area contributed by atoms with Gasteiger partial charge in [-0.05, 0) is 30.1 Å². The number of rotatable bonds is 4. The van der Waals surface area contributed by atoms with E-state index in [9.17, 15) is 9.90 Å². The van der Waals surface area contributed by atoms with E-state index in [-0.39, 0.29) is 23.7 Å². The molecular formula is C12H24N4O3Si. The lowest BCUT2D eigenvalue weighted by Gasteiger charge is -2.38. The number of carbonyl (C=O) groups is 1. The Bertz CT molecular complexity index is 415. The van der Waals surface area contributed by atoms with Crippen molar-refractivity contribution in [2.24, 2.45) is 5.11 Å². The lowest BCUT2D eigenvalue weighted by Crippen LogP contribution is -2.44. The van der Waals surface area contributed by atoms with Gasteiger partial charge in [0.25, 0.3) is 0 Å². The van der Waals surface area contributed by atoms with Gasteiger partial charge in [-0.2, -0.15) is 0 Å². The quantitative estimate of drug-likeness (QED) is 0.372. The average molecular weight is 300 g/mol. The van der Waals surface area contributed by atoms with Crippen molar-refractivity contribution in [3.63, 3.8) is 0 Å². The van der Waals surface area contributed by atoms with E-state index in [2.05, 4.69) is 43.9 Å². The highest BCUT2D eigenvalue weighted by atomic mass is 28.4. The van der Waals surface area contributed by atoms with Gasteiger partial charge in [-0.15, -0.1) is 0 Å². The fraction of sp³-hybridized carbons (Fsp3) is 0.917. The first-order valence-electron chi connectivity index (χ1n) is 6.76. The van der Waals surface area contributed by atoms with Gasteiger partial charge in [0.2, 0.25) is 0 Å². The summed E-state index contributed by atoms with van der Waals surface area (Å²) in [5.74, 6) is 0. The van der Waals surface area contributed by atoms with Crippen LogP contribution in [0.2, 0.25) is 18.1 Å². The number of likely N-dealkylation sites (tertiary alicyclic amines) is 1. The number of amides is 1. The van der Waals surface area contributed by atoms with Crippen molar-refractivity contribution < 1.29 is 14.3 Å². The van der Waals surface area contributed by atoms with Crippen LogP contribution < -0.4 is 0 Å². The SMILES string of the molecule is CC(C)(C)[Si](C)(C)O[C@@H]1C[C@@H](CN=[N+]=[N-])N(C(=O)O)C1. The van der Waals surface area contributed by atoms with Crippen LogP contribution in [0, 0.1) is 0 Å². The zero-order valence-electron chi connectivity index (χ0n) is 12.8. The van der Waals surface area contributed by atoms with E-state index in [1.165, 1.54) is 4.90 Å². The highest BCUT2D eigenvalue weighted by molar-refractivity contribution is 6.74. The molecule has 8 heteroatoms. The summed E-state index contributed by atoms with van der Waals surface area (Å²) >= 11 is 0. The first-order chi connectivity index (χ1) is 9.08. The summed E-state index contributed by atoms with van der Waals surface area (Å²) in [5.41, 5.74) is 8.38. The minimum absolute atomic E-state index is 0.0872. The molecule has 1 fully saturated rings. The van der Waals surface area contributed by atoms with E-state index < -0.39 is 14.4 Å². The molecule has 1 N–H and O–H groups in total. The standard InChI is InChI=1S/C12H24N4O3Si/c1-12(2,3)20(4,5)19-10-6-9(7-14-15-13)16(8-10)11(17)18/h9-10H,6-8H2,1-5H3,(H,17,18)/t9-,10+/m0/s1. The van der Waals surface area contributed by atoms with Crippen LogP contribution in [0.4, 0.5) is 4.79 Å². The molecule has 0 aromatic rings. The van der Waals surface area contributed by atoms with Gasteiger partial charge < -0.3 is 14.4 Å². The lowest BCUT2D eigenvalue weighted by atomic mass is 10.2. The van der Waals surface area contributed by atoms with E-state index in [0.717, 1.165) is 0 Å². The summed E-state index contributed by atoms with van der Waals surface area (Å²) in [5, 5.41) is 12.8. The molecule has 0 unspecified atom stereocenters. The van der Waals surface area contributed by atoms with E-state index in [1.807, 2.05) is 0 Å². The number of hydrogen-bond acceptors (Lipinski definition) is 3. The van der Waals surface area contributed by atoms with Gasteiger partial charge in [-0.1, -0.05) is 25.9 Å². The molecule has 1 amide bonds. The average Bonchev–Trinajstić information content (AvgIpc) is 2.67. The third-order valence-corrected chi connectivity index (χ3v) is 8.78. The fourth-order valence-electron chi connectivity index (χ4n) is 2.09. The summed E-state index contributed by atoms with van der Waals surface area (Å²) in [4.78, 5) is 15.3. The highest BCUT2D eigenvalue weighted by Gasteiger charge is 2.43. The normalized spacial score (nSPS) is 23.6. The second kappa shape index (κ2) is 6.03. The van der Waals surface area contributed by atoms with Crippen LogP contribution in [-0.2, 0) is 4.43 Å². The van der Waals surface area contributed by atoms with Gasteiger partial charge in [0, 0.05) is 24.0 Å². The molecule has 114 valence electrons. The van der Waals surface area contributed by atoms with Gasteiger partial charge >= 0.3 is 6.09 Å². The predicted molar refractivity (Wildman–Crippen MR) is 79.2 cm³/mol. The maximum Gasteiger partial charge on any atom is 0.407 e. The number of carboxylic acid groups (broad SMARTS) is 1. The number of hydrogen-bond donors (Lipinski definition) is 1. The molecule has 20 heavy (non-hydrogen) atoms. The number of nitrogens with zero attached hydrogens (tertiary/aromatic N) is 4. The van der Waals surface area contributed by atoms with Crippen molar-refractivity contribution in [1.82, 2.24) is 4.90 Å². The molecule has 1 saturated heterocycles. The van der Waals surface area contributed by atoms with Gasteiger partial charge in [0.1, 0.15) is 0 Å². The van der Waals surface area contributed by atoms with Crippen LogP contribution in [0.25, 0.3) is 10.4 Å². The molecule has 0 radical (unpaired) electrons. The Balaban J connectivity index is 2.75. The Morgan fingerprint density at radius 3 is 2.60 bits per heavy atom. The molecule has 0 saturated carbocycles. The van der Waals surface area contributed by atoms with Crippen LogP contribution in [0.1, 0.15) is 27.2 Å². The molecule has 0 aliphatic carbocycles. The Hall–Kier alpha value is -1.24. The minimum atomic E-state index is -1.92. The molecule has 0 spiro atoms. The molecule has 7 nitrogen and oxygen atoms in total. The van der Waals surface area contributed by atoms with E-state index in [0.29, 0.717) is 13.0 Å². The largest absolute Gasteiger partial charge is 0.465 e. The molecule has 1 aliphatic heterocycles. The Labute approximate surface area is 120 Å². The minimum Gasteiger partial charge on any atom is -0.465 e. The molecule has 1 aliphatic rings. The Morgan fingerprint density at radius 2 is 2.15 bits per heavy atom. The van der Waals surface area contributed by atoms with Gasteiger partial charge in [-0.25, -0.2) is 4.79 Å². The Kier molecular flexibility index (Phi) is 5.07. The second-order valence-corrected chi connectivity index (χ2v) is 11.5. The third-order valence-electron chi connectivity index (χ3n) is 4.24. The molecule has 2 atom stereocenters. The topological polar surface area (TPSA) is 98.5 Å².